The van der Waals surface area contributed by atoms with Gasteiger partial charge in [0.15, 0.2) is 0 Å². The van der Waals surface area contributed by atoms with Crippen LogP contribution in [0.1, 0.15) is 37.1 Å². The molecule has 22 heavy (non-hydrogen) atoms. The summed E-state index contributed by atoms with van der Waals surface area (Å²) in [5.41, 5.74) is 2.77. The number of urea groups is 1. The summed E-state index contributed by atoms with van der Waals surface area (Å²) >= 11 is 0. The monoisotopic (exact) mass is 302 g/mol. The van der Waals surface area contributed by atoms with Crippen LogP contribution in [-0.2, 0) is 13.6 Å². The number of rotatable bonds is 5. The molecule has 2 aromatic rings. The lowest BCUT2D eigenvalue weighted by Gasteiger charge is -2.09. The van der Waals surface area contributed by atoms with Gasteiger partial charge in [0, 0.05) is 31.0 Å². The highest BCUT2D eigenvalue weighted by Gasteiger charge is 2.29. The molecule has 2 N–H and O–H groups in total. The third-order valence-corrected chi connectivity index (χ3v) is 4.36. The van der Waals surface area contributed by atoms with Crippen LogP contribution in [-0.4, -0.2) is 25.6 Å². The fourth-order valence-corrected chi connectivity index (χ4v) is 2.49. The van der Waals surface area contributed by atoms with Crippen molar-refractivity contribution in [3.05, 3.63) is 29.8 Å². The normalized spacial score (nSPS) is 15.6. The average molecular weight is 302 g/mol. The number of carbonyl (C=O) groups excluding carboxylic acids is 1. The van der Waals surface area contributed by atoms with E-state index < -0.39 is 0 Å². The Labute approximate surface area is 129 Å². The van der Waals surface area contributed by atoms with Crippen LogP contribution in [0.5, 0.6) is 0 Å². The zero-order valence-corrected chi connectivity index (χ0v) is 13.2. The fourth-order valence-electron chi connectivity index (χ4n) is 2.49. The Morgan fingerprint density at radius 1 is 1.41 bits per heavy atom. The van der Waals surface area contributed by atoms with Crippen molar-refractivity contribution < 1.29 is 4.79 Å². The largest absolute Gasteiger partial charge is 0.334 e. The Kier molecular flexibility index (Phi) is 3.87. The summed E-state index contributed by atoms with van der Waals surface area (Å²) in [6.45, 7) is 4.60. The molecule has 118 valence electrons. The lowest BCUT2D eigenvalue weighted by Crippen LogP contribution is -2.28. The van der Waals surface area contributed by atoms with E-state index in [0.717, 1.165) is 17.2 Å². The second kappa shape index (κ2) is 5.82. The Balaban J connectivity index is 1.52. The molecular weight excluding hydrogens is 280 g/mol. The molecule has 1 atom stereocenters. The number of amides is 2. The highest BCUT2D eigenvalue weighted by atomic mass is 16.2. The molecule has 2 aromatic heterocycles. The van der Waals surface area contributed by atoms with E-state index in [-0.39, 0.29) is 6.03 Å². The van der Waals surface area contributed by atoms with Crippen LogP contribution in [0, 0.1) is 12.8 Å². The first-order valence-electron chi connectivity index (χ1n) is 7.61. The summed E-state index contributed by atoms with van der Waals surface area (Å²) in [6.07, 6.45) is 7.89. The maximum Gasteiger partial charge on any atom is 0.319 e. The predicted molar refractivity (Wildman–Crippen MR) is 83.5 cm³/mol. The predicted octanol–water partition coefficient (Wildman–Crippen LogP) is 2.22. The molecular formula is C15H22N6O. The first-order chi connectivity index (χ1) is 10.5. The third-order valence-electron chi connectivity index (χ3n) is 4.36. The molecule has 1 saturated carbocycles. The highest BCUT2D eigenvalue weighted by Crippen LogP contribution is 2.39. The van der Waals surface area contributed by atoms with Gasteiger partial charge < -0.3 is 10.6 Å². The highest BCUT2D eigenvalue weighted by molar-refractivity contribution is 5.88. The first-order valence-corrected chi connectivity index (χ1v) is 7.61. The average Bonchev–Trinajstić information content (AvgIpc) is 3.17. The van der Waals surface area contributed by atoms with Gasteiger partial charge >= 0.3 is 6.03 Å². The van der Waals surface area contributed by atoms with Crippen molar-refractivity contribution in [2.45, 2.75) is 39.3 Å². The Hall–Kier alpha value is -2.31. The first kappa shape index (κ1) is 14.6. The molecule has 2 heterocycles. The summed E-state index contributed by atoms with van der Waals surface area (Å²) in [5, 5.41) is 14.1. The fraction of sp³-hybridized carbons (Fsp3) is 0.533. The standard InChI is InChI=1S/C15H22N6O/c1-10-13(7-17-20(10)3)6-16-15(22)19-14-8-18-21(9-14)11(2)12-4-5-12/h7-9,11-12H,4-6H2,1-3H3,(H2,16,19,22). The van der Waals surface area contributed by atoms with Gasteiger partial charge in [-0.25, -0.2) is 4.79 Å². The molecule has 7 nitrogen and oxygen atoms in total. The summed E-state index contributed by atoms with van der Waals surface area (Å²) in [5.74, 6) is 0.732. The van der Waals surface area contributed by atoms with Gasteiger partial charge in [-0.05, 0) is 32.6 Å². The third kappa shape index (κ3) is 3.13. The molecule has 0 aliphatic heterocycles. The molecule has 1 unspecified atom stereocenters. The van der Waals surface area contributed by atoms with Crippen LogP contribution < -0.4 is 10.6 Å². The molecule has 7 heteroatoms. The van der Waals surface area contributed by atoms with Gasteiger partial charge in [-0.3, -0.25) is 9.36 Å². The number of anilines is 1. The van der Waals surface area contributed by atoms with Crippen LogP contribution in [0.15, 0.2) is 18.6 Å². The minimum atomic E-state index is -0.234. The van der Waals surface area contributed by atoms with E-state index in [4.69, 9.17) is 0 Å². The topological polar surface area (TPSA) is 76.8 Å². The van der Waals surface area contributed by atoms with Gasteiger partial charge in [0.05, 0.1) is 24.1 Å². The number of nitrogens with one attached hydrogen (secondary N) is 2. The van der Waals surface area contributed by atoms with Crippen LogP contribution in [0.25, 0.3) is 0 Å². The second-order valence-electron chi connectivity index (χ2n) is 5.97. The number of hydrogen-bond acceptors (Lipinski definition) is 3. The number of carbonyl (C=O) groups is 1. The SMILES string of the molecule is Cc1c(CNC(=O)Nc2cnn(C(C)C3CC3)c2)cnn1C. The lowest BCUT2D eigenvalue weighted by molar-refractivity contribution is 0.251. The summed E-state index contributed by atoms with van der Waals surface area (Å²) in [6, 6.07) is 0.165. The van der Waals surface area contributed by atoms with Crippen LogP contribution in [0.4, 0.5) is 10.5 Å². The quantitative estimate of drug-likeness (QED) is 0.889. The molecule has 1 fully saturated rings. The summed E-state index contributed by atoms with van der Waals surface area (Å²) in [4.78, 5) is 11.9. The van der Waals surface area contributed by atoms with Gasteiger partial charge in [0.25, 0.3) is 0 Å². The Morgan fingerprint density at radius 3 is 2.82 bits per heavy atom. The maximum absolute atomic E-state index is 11.9. The van der Waals surface area contributed by atoms with Crippen LogP contribution in [0.2, 0.25) is 0 Å². The summed E-state index contributed by atoms with van der Waals surface area (Å²) < 4.78 is 3.72. The number of hydrogen-bond donors (Lipinski definition) is 2. The van der Waals surface area contributed by atoms with Crippen LogP contribution in [0.3, 0.4) is 0 Å². The molecule has 0 radical (unpaired) electrons. The van der Waals surface area contributed by atoms with Crippen molar-refractivity contribution in [2.24, 2.45) is 13.0 Å². The lowest BCUT2D eigenvalue weighted by atomic mass is 10.2. The number of aryl methyl sites for hydroxylation is 1. The second-order valence-corrected chi connectivity index (χ2v) is 5.97. The minimum Gasteiger partial charge on any atom is -0.334 e. The molecule has 0 bridgehead atoms. The van der Waals surface area contributed by atoms with Crippen molar-refractivity contribution in [1.29, 1.82) is 0 Å². The van der Waals surface area contributed by atoms with E-state index in [1.807, 2.05) is 24.9 Å². The molecule has 0 aromatic carbocycles. The Bertz CT molecular complexity index is 669. The van der Waals surface area contributed by atoms with Crippen molar-refractivity contribution in [2.75, 3.05) is 5.32 Å². The van der Waals surface area contributed by atoms with Gasteiger partial charge in [0.2, 0.25) is 0 Å². The Morgan fingerprint density at radius 2 is 2.18 bits per heavy atom. The minimum absolute atomic E-state index is 0.234. The molecule has 0 saturated heterocycles. The van der Waals surface area contributed by atoms with Gasteiger partial charge in [-0.2, -0.15) is 10.2 Å². The number of aromatic nitrogens is 4. The summed E-state index contributed by atoms with van der Waals surface area (Å²) in [7, 11) is 1.88. The maximum atomic E-state index is 11.9. The van der Waals surface area contributed by atoms with Crippen molar-refractivity contribution in [3.63, 3.8) is 0 Å². The van der Waals surface area contributed by atoms with Crippen LogP contribution >= 0.6 is 0 Å². The van der Waals surface area contributed by atoms with E-state index in [1.165, 1.54) is 12.8 Å². The molecule has 1 aliphatic carbocycles. The van der Waals surface area contributed by atoms with Gasteiger partial charge in [-0.1, -0.05) is 0 Å². The van der Waals surface area contributed by atoms with E-state index in [0.29, 0.717) is 18.3 Å². The van der Waals surface area contributed by atoms with Gasteiger partial charge in [-0.15, -0.1) is 0 Å². The zero-order valence-electron chi connectivity index (χ0n) is 13.2. The molecule has 0 spiro atoms. The molecule has 1 aliphatic rings. The van der Waals surface area contributed by atoms with E-state index >= 15 is 0 Å². The molecule has 2 amide bonds. The van der Waals surface area contributed by atoms with Crippen molar-refractivity contribution in [1.82, 2.24) is 24.9 Å². The van der Waals surface area contributed by atoms with Crippen molar-refractivity contribution >= 4 is 11.7 Å². The van der Waals surface area contributed by atoms with E-state index in [2.05, 4.69) is 27.8 Å². The zero-order chi connectivity index (χ0) is 15.7. The van der Waals surface area contributed by atoms with Gasteiger partial charge in [0.1, 0.15) is 0 Å². The number of nitrogens with zero attached hydrogens (tertiary/aromatic N) is 4. The molecule has 3 rings (SSSR count). The van der Waals surface area contributed by atoms with E-state index in [1.54, 1.807) is 17.1 Å². The van der Waals surface area contributed by atoms with E-state index in [9.17, 15) is 4.79 Å². The van der Waals surface area contributed by atoms with Crippen molar-refractivity contribution in [3.8, 4) is 0 Å². The smallest absolute Gasteiger partial charge is 0.319 e.